The summed E-state index contributed by atoms with van der Waals surface area (Å²) in [5.74, 6) is -10.6. The van der Waals surface area contributed by atoms with E-state index >= 15 is 0 Å². The molecule has 0 spiro atoms. The van der Waals surface area contributed by atoms with Crippen LogP contribution in [-0.2, 0) is 28.5 Å². The van der Waals surface area contributed by atoms with Crippen LogP contribution in [0.5, 0.6) is 46.0 Å². The minimum atomic E-state index is -1.88. The summed E-state index contributed by atoms with van der Waals surface area (Å²) in [5, 5.41) is 126. The van der Waals surface area contributed by atoms with Gasteiger partial charge >= 0.3 is 11.9 Å². The normalized spacial score (nSPS) is 31.9. The largest absolute Gasteiger partial charge is 0.504 e. The molecule has 2 aliphatic heterocycles. The van der Waals surface area contributed by atoms with Gasteiger partial charge in [-0.1, -0.05) is 36.4 Å². The number of aliphatic hydroxyl groups is 6. The van der Waals surface area contributed by atoms with Crippen molar-refractivity contribution in [3.63, 3.8) is 0 Å². The molecule has 332 valence electrons. The molecule has 0 radical (unpaired) electrons. The zero-order chi connectivity index (χ0) is 44.6. The van der Waals surface area contributed by atoms with E-state index in [2.05, 4.69) is 0 Å². The zero-order valence-electron chi connectivity index (χ0n) is 32.2. The predicted octanol–water partition coefficient (Wildman–Crippen LogP) is -0.107. The number of aromatic hydroxyl groups is 6. The molecule has 0 aromatic heterocycles. The number of carbonyl (C=O) groups is 2. The van der Waals surface area contributed by atoms with E-state index in [1.165, 1.54) is 60.7 Å². The lowest BCUT2D eigenvalue weighted by Gasteiger charge is -2.50. The van der Waals surface area contributed by atoms with Crippen LogP contribution in [0.1, 0.15) is 23.0 Å². The summed E-state index contributed by atoms with van der Waals surface area (Å²) in [5.41, 5.74) is 0.214. The van der Waals surface area contributed by atoms with E-state index in [9.17, 15) is 70.9 Å². The van der Waals surface area contributed by atoms with Crippen molar-refractivity contribution in [3.05, 3.63) is 96.1 Å². The maximum Gasteiger partial charge on any atom is 0.310 e. The summed E-state index contributed by atoms with van der Waals surface area (Å²) in [7, 11) is 0. The molecule has 2 heterocycles. The summed E-state index contributed by atoms with van der Waals surface area (Å²) in [6, 6.07) is 18.3. The molecule has 2 saturated heterocycles. The van der Waals surface area contributed by atoms with Gasteiger partial charge in [-0.25, -0.2) is 0 Å². The highest BCUT2D eigenvalue weighted by Crippen LogP contribution is 2.59. The molecular weight excluding hydrogens is 824 g/mol. The van der Waals surface area contributed by atoms with E-state index < -0.39 is 133 Å². The highest BCUT2D eigenvalue weighted by atomic mass is 16.7. The third-order valence-corrected chi connectivity index (χ3v) is 11.2. The van der Waals surface area contributed by atoms with Crippen molar-refractivity contribution in [2.45, 2.75) is 73.2 Å². The quantitative estimate of drug-likeness (QED) is 0.0653. The van der Waals surface area contributed by atoms with E-state index in [-0.39, 0.29) is 34.1 Å². The standard InChI is InChI=1S/C42H44O20/c43-19-11-9-17(13-23(19)47)29-31(39(55)57-15-27-33(49)35(51)37(53)41(61-27)59-25-7-3-1-5-21(25)45)30(18-10-12-20(44)24(48)14-18)32(29)40(56)58-16-28-34(50)36(52)38(54)42(62-28)60-26-8-4-2-6-22(26)46/h1-14,27-38,41-54H,15-16H2. The minimum absolute atomic E-state index is 0.107. The second-order valence-electron chi connectivity index (χ2n) is 15.1. The van der Waals surface area contributed by atoms with Crippen molar-refractivity contribution < 1.29 is 99.3 Å². The Morgan fingerprint density at radius 3 is 1.18 bits per heavy atom. The molecule has 3 aliphatic rings. The van der Waals surface area contributed by atoms with Crippen molar-refractivity contribution in [2.75, 3.05) is 13.2 Å². The first-order valence-electron chi connectivity index (χ1n) is 19.2. The first-order valence-corrected chi connectivity index (χ1v) is 19.2. The van der Waals surface area contributed by atoms with E-state index in [0.29, 0.717) is 0 Å². The van der Waals surface area contributed by atoms with E-state index in [4.69, 9.17) is 28.4 Å². The van der Waals surface area contributed by atoms with Gasteiger partial charge in [0, 0.05) is 11.8 Å². The molecule has 7 rings (SSSR count). The molecule has 1 saturated carbocycles. The van der Waals surface area contributed by atoms with Gasteiger partial charge in [0.1, 0.15) is 62.0 Å². The van der Waals surface area contributed by atoms with Gasteiger partial charge in [-0.15, -0.1) is 0 Å². The molecule has 62 heavy (non-hydrogen) atoms. The number of phenols is 6. The topological polar surface area (TPSA) is 332 Å². The molecule has 4 aromatic carbocycles. The molecule has 12 N–H and O–H groups in total. The van der Waals surface area contributed by atoms with Gasteiger partial charge in [0.15, 0.2) is 46.0 Å². The number of aliphatic hydroxyl groups excluding tert-OH is 6. The van der Waals surface area contributed by atoms with Crippen molar-refractivity contribution in [2.24, 2.45) is 11.8 Å². The Labute approximate surface area is 351 Å². The Bertz CT molecular complexity index is 2070. The monoisotopic (exact) mass is 868 g/mol. The summed E-state index contributed by atoms with van der Waals surface area (Å²) >= 11 is 0. The number of benzene rings is 4. The van der Waals surface area contributed by atoms with Crippen LogP contribution in [0.15, 0.2) is 84.9 Å². The summed E-state index contributed by atoms with van der Waals surface area (Å²) in [6.45, 7) is -1.54. The predicted molar refractivity (Wildman–Crippen MR) is 205 cm³/mol. The highest BCUT2D eigenvalue weighted by Gasteiger charge is 2.60. The van der Waals surface area contributed by atoms with Crippen LogP contribution in [0, 0.1) is 11.8 Å². The highest BCUT2D eigenvalue weighted by molar-refractivity contribution is 5.85. The van der Waals surface area contributed by atoms with E-state index in [0.717, 1.165) is 24.3 Å². The Kier molecular flexibility index (Phi) is 12.8. The number of hydrogen-bond acceptors (Lipinski definition) is 20. The molecule has 1 aliphatic carbocycles. The number of esters is 2. The fraction of sp³-hybridized carbons (Fsp3) is 0.381. The Balaban J connectivity index is 1.15. The summed E-state index contributed by atoms with van der Waals surface area (Å²) in [6.07, 6.45) is -17.5. The average molecular weight is 869 g/mol. The van der Waals surface area contributed by atoms with Gasteiger partial charge < -0.3 is 89.7 Å². The molecule has 20 nitrogen and oxygen atoms in total. The average Bonchev–Trinajstić information content (AvgIpc) is 3.24. The summed E-state index contributed by atoms with van der Waals surface area (Å²) in [4.78, 5) is 28.5. The van der Waals surface area contributed by atoms with Crippen molar-refractivity contribution in [3.8, 4) is 46.0 Å². The number of carbonyl (C=O) groups excluding carboxylic acids is 2. The van der Waals surface area contributed by atoms with Gasteiger partial charge in [0.2, 0.25) is 12.6 Å². The molecule has 0 amide bonds. The van der Waals surface area contributed by atoms with Gasteiger partial charge in [0.05, 0.1) is 11.8 Å². The van der Waals surface area contributed by atoms with Gasteiger partial charge in [-0.2, -0.15) is 0 Å². The van der Waals surface area contributed by atoms with Gasteiger partial charge in [0.25, 0.3) is 0 Å². The molecule has 4 aromatic rings. The first kappa shape index (κ1) is 44.0. The SMILES string of the molecule is O=C(OCC1OC(Oc2ccccc2O)C(O)C(O)C1O)C1C(c2ccc(O)c(O)c2)C(C(=O)OCC2OC(Oc3ccccc3O)C(O)C(O)C2O)C1c1ccc(O)c(O)c1. The van der Waals surface area contributed by atoms with Crippen molar-refractivity contribution >= 4 is 11.9 Å². The third-order valence-electron chi connectivity index (χ3n) is 11.2. The molecule has 20 heteroatoms. The fourth-order valence-corrected chi connectivity index (χ4v) is 7.85. The van der Waals surface area contributed by atoms with Crippen LogP contribution in [0.2, 0.25) is 0 Å². The van der Waals surface area contributed by atoms with E-state index in [1.54, 1.807) is 0 Å². The molecule has 3 fully saturated rings. The lowest BCUT2D eigenvalue weighted by atomic mass is 9.52. The van der Waals surface area contributed by atoms with Crippen molar-refractivity contribution in [1.29, 1.82) is 0 Å². The lowest BCUT2D eigenvalue weighted by Crippen LogP contribution is -2.61. The maximum absolute atomic E-state index is 14.3. The Morgan fingerprint density at radius 1 is 0.452 bits per heavy atom. The number of hydrogen-bond donors (Lipinski definition) is 12. The number of rotatable bonds is 12. The Hall–Kier alpha value is -6.10. The van der Waals surface area contributed by atoms with Gasteiger partial charge in [-0.05, 0) is 59.7 Å². The molecule has 0 bridgehead atoms. The first-order chi connectivity index (χ1) is 29.5. The van der Waals surface area contributed by atoms with Crippen LogP contribution in [0.3, 0.4) is 0 Å². The summed E-state index contributed by atoms with van der Waals surface area (Å²) < 4.78 is 33.7. The van der Waals surface area contributed by atoms with E-state index in [1.807, 2.05) is 0 Å². The molecule has 10 atom stereocenters. The number of phenolic OH excluding ortho intramolecular Hbond substituents is 6. The Morgan fingerprint density at radius 2 is 0.823 bits per heavy atom. The van der Waals surface area contributed by atoms with Crippen LogP contribution in [0.25, 0.3) is 0 Å². The lowest BCUT2D eigenvalue weighted by molar-refractivity contribution is -0.279. The van der Waals surface area contributed by atoms with Crippen LogP contribution >= 0.6 is 0 Å². The fourth-order valence-electron chi connectivity index (χ4n) is 7.85. The third kappa shape index (κ3) is 8.67. The van der Waals surface area contributed by atoms with Crippen molar-refractivity contribution in [1.82, 2.24) is 0 Å². The van der Waals surface area contributed by atoms with Crippen LogP contribution in [-0.4, -0.2) is 148 Å². The van der Waals surface area contributed by atoms with Crippen LogP contribution < -0.4 is 9.47 Å². The molecule has 10 unspecified atom stereocenters. The minimum Gasteiger partial charge on any atom is -0.504 e. The van der Waals surface area contributed by atoms with Gasteiger partial charge in [-0.3, -0.25) is 9.59 Å². The zero-order valence-corrected chi connectivity index (χ0v) is 32.2. The second kappa shape index (κ2) is 18.1. The van der Waals surface area contributed by atoms with Crippen LogP contribution in [0.4, 0.5) is 0 Å². The maximum atomic E-state index is 14.3. The number of ether oxygens (including phenoxy) is 6. The number of para-hydroxylation sites is 4. The second-order valence-corrected chi connectivity index (χ2v) is 15.1. The smallest absolute Gasteiger partial charge is 0.310 e. The molecular formula is C42H44O20.